The molecule has 7 heteroatoms. The lowest BCUT2D eigenvalue weighted by Gasteiger charge is -2.15. The first-order chi connectivity index (χ1) is 13.4. The molecular weight excluding hydrogens is 396 g/mol. The quantitative estimate of drug-likeness (QED) is 0.610. The van der Waals surface area contributed by atoms with E-state index in [0.29, 0.717) is 0 Å². The number of carbonyl (C=O) groups excluding carboxylic acids is 1. The van der Waals surface area contributed by atoms with E-state index in [1.54, 1.807) is 12.1 Å². The summed E-state index contributed by atoms with van der Waals surface area (Å²) >= 11 is 5.93. The zero-order valence-electron chi connectivity index (χ0n) is 15.4. The normalized spacial score (nSPS) is 12.6. The van der Waals surface area contributed by atoms with Crippen LogP contribution in [0.5, 0.6) is 0 Å². The number of amides is 1. The van der Waals surface area contributed by atoms with Crippen LogP contribution in [0.3, 0.4) is 0 Å². The van der Waals surface area contributed by atoms with Crippen molar-refractivity contribution in [2.24, 2.45) is 0 Å². The van der Waals surface area contributed by atoms with Gasteiger partial charge in [-0.05, 0) is 41.5 Å². The molecule has 0 bridgehead atoms. The molecule has 1 unspecified atom stereocenters. The number of rotatable bonds is 7. The minimum absolute atomic E-state index is 0.00149. The van der Waals surface area contributed by atoms with E-state index in [1.807, 2.05) is 49.4 Å². The Hall–Kier alpha value is -2.41. The summed E-state index contributed by atoms with van der Waals surface area (Å²) in [5, 5.41) is 5.28. The Morgan fingerprint density at radius 1 is 1.00 bits per heavy atom. The van der Waals surface area contributed by atoms with E-state index < -0.39 is 10.0 Å². The maximum Gasteiger partial charge on any atom is 0.242 e. The molecule has 1 amide bonds. The SMILES string of the molecule is CC(NC(=O)CCNS(=O)(=O)c1ccccc1Cl)c1ccc2ccccc2c1. The van der Waals surface area contributed by atoms with Gasteiger partial charge in [-0.25, -0.2) is 13.1 Å². The second-order valence-corrected chi connectivity index (χ2v) is 8.62. The van der Waals surface area contributed by atoms with Gasteiger partial charge in [-0.2, -0.15) is 0 Å². The van der Waals surface area contributed by atoms with Gasteiger partial charge in [-0.1, -0.05) is 60.1 Å². The fraction of sp³-hybridized carbons (Fsp3) is 0.190. The van der Waals surface area contributed by atoms with Crippen LogP contribution in [0.1, 0.15) is 24.9 Å². The standard InChI is InChI=1S/C21H21ClN2O3S/c1-15(17-11-10-16-6-2-3-7-18(16)14-17)24-21(25)12-13-23-28(26,27)20-9-5-4-8-19(20)22/h2-11,14-15,23H,12-13H2,1H3,(H,24,25). The number of hydrogen-bond acceptors (Lipinski definition) is 3. The molecule has 0 aliphatic rings. The first-order valence-corrected chi connectivity index (χ1v) is 10.8. The van der Waals surface area contributed by atoms with Crippen LogP contribution in [0, 0.1) is 0 Å². The molecule has 3 aromatic rings. The molecule has 0 aliphatic carbocycles. The molecule has 0 aliphatic heterocycles. The Kier molecular flexibility index (Phi) is 6.34. The summed E-state index contributed by atoms with van der Waals surface area (Å²) in [5.41, 5.74) is 0.990. The molecule has 0 heterocycles. The highest BCUT2D eigenvalue weighted by Gasteiger charge is 2.17. The van der Waals surface area contributed by atoms with Crippen LogP contribution in [0.2, 0.25) is 5.02 Å². The minimum Gasteiger partial charge on any atom is -0.350 e. The third-order valence-electron chi connectivity index (χ3n) is 4.42. The van der Waals surface area contributed by atoms with E-state index in [9.17, 15) is 13.2 Å². The van der Waals surface area contributed by atoms with Gasteiger partial charge in [0.25, 0.3) is 0 Å². The average Bonchev–Trinajstić information content (AvgIpc) is 2.67. The van der Waals surface area contributed by atoms with Gasteiger partial charge in [0.15, 0.2) is 0 Å². The molecular formula is C21H21ClN2O3S. The Morgan fingerprint density at radius 2 is 1.68 bits per heavy atom. The maximum absolute atomic E-state index is 12.3. The predicted octanol–water partition coefficient (Wildman–Crippen LogP) is 4.04. The molecule has 2 N–H and O–H groups in total. The van der Waals surface area contributed by atoms with Crippen molar-refractivity contribution in [3.05, 3.63) is 77.3 Å². The lowest BCUT2D eigenvalue weighted by Crippen LogP contribution is -2.32. The highest BCUT2D eigenvalue weighted by Crippen LogP contribution is 2.21. The highest BCUT2D eigenvalue weighted by molar-refractivity contribution is 7.89. The Labute approximate surface area is 169 Å². The molecule has 0 saturated heterocycles. The van der Waals surface area contributed by atoms with E-state index in [4.69, 9.17) is 11.6 Å². The molecule has 0 aromatic heterocycles. The third-order valence-corrected chi connectivity index (χ3v) is 6.38. The summed E-state index contributed by atoms with van der Waals surface area (Å²) in [4.78, 5) is 12.2. The first kappa shape index (κ1) is 20.3. The smallest absolute Gasteiger partial charge is 0.242 e. The molecule has 0 radical (unpaired) electrons. The van der Waals surface area contributed by atoms with Crippen molar-refractivity contribution in [1.82, 2.24) is 10.0 Å². The number of benzene rings is 3. The fourth-order valence-corrected chi connectivity index (χ4v) is 4.46. The van der Waals surface area contributed by atoms with Crippen molar-refractivity contribution in [2.75, 3.05) is 6.54 Å². The molecule has 0 fully saturated rings. The van der Waals surface area contributed by atoms with Gasteiger partial charge in [-0.3, -0.25) is 4.79 Å². The van der Waals surface area contributed by atoms with E-state index in [0.717, 1.165) is 16.3 Å². The van der Waals surface area contributed by atoms with E-state index >= 15 is 0 Å². The molecule has 1 atom stereocenters. The Bertz CT molecular complexity index is 1100. The molecule has 0 spiro atoms. The Morgan fingerprint density at radius 3 is 2.43 bits per heavy atom. The predicted molar refractivity (Wildman–Crippen MR) is 112 cm³/mol. The topological polar surface area (TPSA) is 75.3 Å². The zero-order valence-corrected chi connectivity index (χ0v) is 16.9. The van der Waals surface area contributed by atoms with Crippen LogP contribution in [0.15, 0.2) is 71.6 Å². The molecule has 3 aromatic carbocycles. The maximum atomic E-state index is 12.3. The first-order valence-electron chi connectivity index (χ1n) is 8.89. The van der Waals surface area contributed by atoms with Crippen molar-refractivity contribution in [3.8, 4) is 0 Å². The van der Waals surface area contributed by atoms with Crippen LogP contribution in [-0.2, 0) is 14.8 Å². The lowest BCUT2D eigenvalue weighted by atomic mass is 10.0. The minimum atomic E-state index is -3.75. The largest absolute Gasteiger partial charge is 0.350 e. The van der Waals surface area contributed by atoms with E-state index in [1.165, 1.54) is 12.1 Å². The summed E-state index contributed by atoms with van der Waals surface area (Å²) in [6, 6.07) is 20.1. The number of fused-ring (bicyclic) bond motifs is 1. The molecule has 28 heavy (non-hydrogen) atoms. The summed E-state index contributed by atoms with van der Waals surface area (Å²) in [6.07, 6.45) is 0.0294. The molecule has 3 rings (SSSR count). The van der Waals surface area contributed by atoms with E-state index in [2.05, 4.69) is 10.0 Å². The summed E-state index contributed by atoms with van der Waals surface area (Å²) < 4.78 is 27.0. The highest BCUT2D eigenvalue weighted by atomic mass is 35.5. The lowest BCUT2D eigenvalue weighted by molar-refractivity contribution is -0.121. The number of nitrogens with one attached hydrogen (secondary N) is 2. The van der Waals surface area contributed by atoms with Gasteiger partial charge >= 0.3 is 0 Å². The van der Waals surface area contributed by atoms with Gasteiger partial charge in [0.05, 0.1) is 11.1 Å². The number of sulfonamides is 1. The van der Waals surface area contributed by atoms with Gasteiger partial charge in [0, 0.05) is 13.0 Å². The van der Waals surface area contributed by atoms with Crippen molar-refractivity contribution < 1.29 is 13.2 Å². The van der Waals surface area contributed by atoms with Crippen molar-refractivity contribution >= 4 is 38.3 Å². The monoisotopic (exact) mass is 416 g/mol. The number of hydrogen-bond donors (Lipinski definition) is 2. The van der Waals surface area contributed by atoms with Crippen molar-refractivity contribution in [3.63, 3.8) is 0 Å². The summed E-state index contributed by atoms with van der Waals surface area (Å²) in [7, 11) is -3.75. The molecule has 5 nitrogen and oxygen atoms in total. The third kappa shape index (κ3) is 4.90. The summed E-state index contributed by atoms with van der Waals surface area (Å²) in [6.45, 7) is 1.89. The van der Waals surface area contributed by atoms with Gasteiger partial charge in [0.1, 0.15) is 4.90 Å². The van der Waals surface area contributed by atoms with Crippen LogP contribution in [0.25, 0.3) is 10.8 Å². The van der Waals surface area contributed by atoms with E-state index in [-0.39, 0.29) is 34.8 Å². The number of carbonyl (C=O) groups is 1. The van der Waals surface area contributed by atoms with Crippen LogP contribution in [-0.4, -0.2) is 20.9 Å². The van der Waals surface area contributed by atoms with Crippen LogP contribution in [0.4, 0.5) is 0 Å². The second-order valence-electron chi connectivity index (χ2n) is 6.47. The van der Waals surface area contributed by atoms with Crippen LogP contribution < -0.4 is 10.0 Å². The van der Waals surface area contributed by atoms with Gasteiger partial charge in [-0.15, -0.1) is 0 Å². The van der Waals surface area contributed by atoms with Gasteiger partial charge < -0.3 is 5.32 Å². The fourth-order valence-electron chi connectivity index (χ4n) is 2.91. The molecule has 146 valence electrons. The van der Waals surface area contributed by atoms with Crippen molar-refractivity contribution in [1.29, 1.82) is 0 Å². The average molecular weight is 417 g/mol. The second kappa shape index (κ2) is 8.73. The zero-order chi connectivity index (χ0) is 20.1. The van der Waals surface area contributed by atoms with Crippen molar-refractivity contribution in [2.45, 2.75) is 24.3 Å². The summed E-state index contributed by atoms with van der Waals surface area (Å²) in [5.74, 6) is -0.234. The number of halogens is 1. The molecule has 0 saturated carbocycles. The van der Waals surface area contributed by atoms with Crippen LogP contribution >= 0.6 is 11.6 Å². The Balaban J connectivity index is 1.55. The van der Waals surface area contributed by atoms with Gasteiger partial charge in [0.2, 0.25) is 15.9 Å².